The normalized spacial score (nSPS) is 10.5. The van der Waals surface area contributed by atoms with E-state index >= 15 is 0 Å². The number of nitrogens with one attached hydrogen (secondary N) is 2. The average Bonchev–Trinajstić information content (AvgIpc) is 2.75. The number of carbonyl (C=O) groups is 1. The third-order valence-electron chi connectivity index (χ3n) is 4.80. The van der Waals surface area contributed by atoms with Crippen LogP contribution in [-0.2, 0) is 0 Å². The lowest BCUT2D eigenvalue weighted by molar-refractivity contribution is 0.250. The smallest absolute Gasteiger partial charge is 0.319 e. The Bertz CT molecular complexity index is 820. The van der Waals surface area contributed by atoms with Gasteiger partial charge in [0.05, 0.1) is 6.04 Å². The summed E-state index contributed by atoms with van der Waals surface area (Å²) in [4.78, 5) is 14.9. The van der Waals surface area contributed by atoms with Crippen molar-refractivity contribution in [3.05, 3.63) is 96.1 Å². The summed E-state index contributed by atoms with van der Waals surface area (Å²) >= 11 is 0. The summed E-state index contributed by atoms with van der Waals surface area (Å²) in [6, 6.07) is 27.5. The van der Waals surface area contributed by atoms with E-state index in [1.807, 2.05) is 84.9 Å². The van der Waals surface area contributed by atoms with Gasteiger partial charge < -0.3 is 15.5 Å². The van der Waals surface area contributed by atoms with Crippen LogP contribution in [-0.4, -0.2) is 19.1 Å². The number of carbonyl (C=O) groups excluding carboxylic acids is 1. The van der Waals surface area contributed by atoms with Crippen molar-refractivity contribution in [3.8, 4) is 0 Å². The molecule has 0 saturated carbocycles. The second-order valence-electron chi connectivity index (χ2n) is 6.57. The molecule has 0 bridgehead atoms. The molecule has 0 aromatic heterocycles. The quantitative estimate of drug-likeness (QED) is 0.579. The molecule has 0 atom stereocenters. The number of hydrogen-bond donors (Lipinski definition) is 2. The molecule has 3 aromatic carbocycles. The average molecular weight is 374 g/mol. The molecule has 144 valence electrons. The third-order valence-corrected chi connectivity index (χ3v) is 4.80. The lowest BCUT2D eigenvalue weighted by Gasteiger charge is -2.22. The van der Waals surface area contributed by atoms with Crippen LogP contribution in [0.15, 0.2) is 84.9 Å². The Hall–Kier alpha value is -3.27. The summed E-state index contributed by atoms with van der Waals surface area (Å²) < 4.78 is 0. The SMILES string of the molecule is CCN(CC)c1ccc(NC(=O)NC(c2ccccc2)c2ccccc2)cc1. The van der Waals surface area contributed by atoms with Crippen molar-refractivity contribution < 1.29 is 4.79 Å². The molecule has 0 radical (unpaired) electrons. The topological polar surface area (TPSA) is 44.4 Å². The number of urea groups is 1. The predicted octanol–water partition coefficient (Wildman–Crippen LogP) is 5.44. The largest absolute Gasteiger partial charge is 0.372 e. The van der Waals surface area contributed by atoms with E-state index in [2.05, 4.69) is 29.4 Å². The van der Waals surface area contributed by atoms with Crippen molar-refractivity contribution >= 4 is 17.4 Å². The van der Waals surface area contributed by atoms with Gasteiger partial charge in [0.1, 0.15) is 0 Å². The summed E-state index contributed by atoms with van der Waals surface area (Å²) in [6.07, 6.45) is 0. The van der Waals surface area contributed by atoms with Crippen molar-refractivity contribution in [2.45, 2.75) is 19.9 Å². The molecule has 3 rings (SSSR count). The molecule has 28 heavy (non-hydrogen) atoms. The zero-order valence-electron chi connectivity index (χ0n) is 16.4. The van der Waals surface area contributed by atoms with Gasteiger partial charge in [-0.05, 0) is 49.2 Å². The minimum absolute atomic E-state index is 0.211. The Labute approximate surface area is 167 Å². The van der Waals surface area contributed by atoms with Gasteiger partial charge in [0.2, 0.25) is 0 Å². The fourth-order valence-corrected chi connectivity index (χ4v) is 3.29. The van der Waals surface area contributed by atoms with Crippen LogP contribution in [0.5, 0.6) is 0 Å². The lowest BCUT2D eigenvalue weighted by Crippen LogP contribution is -2.33. The van der Waals surface area contributed by atoms with Gasteiger partial charge in [-0.15, -0.1) is 0 Å². The standard InChI is InChI=1S/C24H27N3O/c1-3-27(4-2)22-17-15-21(16-18-22)25-24(28)26-23(19-11-7-5-8-12-19)20-13-9-6-10-14-20/h5-18,23H,3-4H2,1-2H3,(H2,25,26,28). The maximum absolute atomic E-state index is 12.7. The van der Waals surface area contributed by atoms with Gasteiger partial charge in [0.25, 0.3) is 0 Å². The highest BCUT2D eigenvalue weighted by Crippen LogP contribution is 2.22. The monoisotopic (exact) mass is 373 g/mol. The van der Waals surface area contributed by atoms with E-state index in [0.29, 0.717) is 0 Å². The first-order valence-electron chi connectivity index (χ1n) is 9.73. The fourth-order valence-electron chi connectivity index (χ4n) is 3.29. The Morgan fingerprint density at radius 2 is 1.29 bits per heavy atom. The summed E-state index contributed by atoms with van der Waals surface area (Å²) in [5.41, 5.74) is 4.01. The van der Waals surface area contributed by atoms with Crippen LogP contribution in [0.1, 0.15) is 31.0 Å². The van der Waals surface area contributed by atoms with Gasteiger partial charge in [0.15, 0.2) is 0 Å². The van der Waals surface area contributed by atoms with Crippen LogP contribution in [0.25, 0.3) is 0 Å². The Kier molecular flexibility index (Phi) is 6.68. The van der Waals surface area contributed by atoms with Gasteiger partial charge in [0, 0.05) is 24.5 Å². The van der Waals surface area contributed by atoms with E-state index in [1.165, 1.54) is 0 Å². The number of benzene rings is 3. The Morgan fingerprint density at radius 1 is 0.786 bits per heavy atom. The molecule has 2 N–H and O–H groups in total. The van der Waals surface area contributed by atoms with E-state index in [1.54, 1.807) is 0 Å². The molecule has 4 nitrogen and oxygen atoms in total. The van der Waals surface area contributed by atoms with Crippen LogP contribution >= 0.6 is 0 Å². The second kappa shape index (κ2) is 9.60. The maximum atomic E-state index is 12.7. The molecular weight excluding hydrogens is 346 g/mol. The summed E-state index contributed by atoms with van der Waals surface area (Å²) in [6.45, 7) is 6.19. The van der Waals surface area contributed by atoms with Crippen molar-refractivity contribution in [2.24, 2.45) is 0 Å². The number of hydrogen-bond acceptors (Lipinski definition) is 2. The van der Waals surface area contributed by atoms with Crippen LogP contribution in [0.4, 0.5) is 16.2 Å². The van der Waals surface area contributed by atoms with Crippen LogP contribution in [0, 0.1) is 0 Å². The molecule has 0 aliphatic carbocycles. The molecule has 0 fully saturated rings. The minimum Gasteiger partial charge on any atom is -0.372 e. The highest BCUT2D eigenvalue weighted by molar-refractivity contribution is 5.90. The zero-order valence-corrected chi connectivity index (χ0v) is 16.4. The number of amides is 2. The fraction of sp³-hybridized carbons (Fsp3) is 0.208. The van der Waals surface area contributed by atoms with Crippen LogP contribution in [0.2, 0.25) is 0 Å². The van der Waals surface area contributed by atoms with Gasteiger partial charge >= 0.3 is 6.03 Å². The zero-order chi connectivity index (χ0) is 19.8. The van der Waals surface area contributed by atoms with Gasteiger partial charge in [-0.1, -0.05) is 60.7 Å². The molecule has 0 unspecified atom stereocenters. The molecule has 2 amide bonds. The van der Waals surface area contributed by atoms with Gasteiger partial charge in [-0.3, -0.25) is 0 Å². The Balaban J connectivity index is 1.72. The van der Waals surface area contributed by atoms with Crippen LogP contribution < -0.4 is 15.5 Å². The van der Waals surface area contributed by atoms with Crippen molar-refractivity contribution in [1.82, 2.24) is 5.32 Å². The van der Waals surface area contributed by atoms with E-state index < -0.39 is 0 Å². The number of anilines is 2. The van der Waals surface area contributed by atoms with Crippen molar-refractivity contribution in [1.29, 1.82) is 0 Å². The van der Waals surface area contributed by atoms with E-state index in [9.17, 15) is 4.79 Å². The van der Waals surface area contributed by atoms with E-state index in [0.717, 1.165) is 35.6 Å². The van der Waals surface area contributed by atoms with Crippen LogP contribution in [0.3, 0.4) is 0 Å². The predicted molar refractivity (Wildman–Crippen MR) is 117 cm³/mol. The highest BCUT2D eigenvalue weighted by atomic mass is 16.2. The first-order valence-corrected chi connectivity index (χ1v) is 9.73. The molecule has 0 aliphatic rings. The minimum atomic E-state index is -0.228. The Morgan fingerprint density at radius 3 is 1.75 bits per heavy atom. The summed E-state index contributed by atoms with van der Waals surface area (Å²) in [5.74, 6) is 0. The first-order chi connectivity index (χ1) is 13.7. The molecule has 0 spiro atoms. The summed E-state index contributed by atoms with van der Waals surface area (Å²) in [5, 5.41) is 6.04. The number of nitrogens with zero attached hydrogens (tertiary/aromatic N) is 1. The van der Waals surface area contributed by atoms with Crippen molar-refractivity contribution in [2.75, 3.05) is 23.3 Å². The van der Waals surface area contributed by atoms with Gasteiger partial charge in [-0.2, -0.15) is 0 Å². The summed E-state index contributed by atoms with van der Waals surface area (Å²) in [7, 11) is 0. The third kappa shape index (κ3) is 4.92. The first kappa shape index (κ1) is 19.5. The molecular formula is C24H27N3O. The number of rotatable bonds is 7. The van der Waals surface area contributed by atoms with E-state index in [4.69, 9.17) is 0 Å². The molecule has 4 heteroatoms. The second-order valence-corrected chi connectivity index (χ2v) is 6.57. The maximum Gasteiger partial charge on any atom is 0.319 e. The molecule has 0 heterocycles. The van der Waals surface area contributed by atoms with Gasteiger partial charge in [-0.25, -0.2) is 4.79 Å². The highest BCUT2D eigenvalue weighted by Gasteiger charge is 2.16. The van der Waals surface area contributed by atoms with Crippen molar-refractivity contribution in [3.63, 3.8) is 0 Å². The molecule has 0 aliphatic heterocycles. The lowest BCUT2D eigenvalue weighted by atomic mass is 9.99. The molecule has 3 aromatic rings. The molecule has 0 saturated heterocycles. The van der Waals surface area contributed by atoms with E-state index in [-0.39, 0.29) is 12.1 Å².